The zero-order valence-corrected chi connectivity index (χ0v) is 12.0. The molecule has 0 spiro atoms. The number of amides is 1. The number of ether oxygens (including phenoxy) is 1. The highest BCUT2D eigenvalue weighted by Crippen LogP contribution is 2.22. The molecule has 0 bridgehead atoms. The van der Waals surface area contributed by atoms with Crippen molar-refractivity contribution in [3.8, 4) is 0 Å². The number of hydrogen-bond acceptors (Lipinski definition) is 3. The molecule has 4 nitrogen and oxygen atoms in total. The molecule has 1 aromatic rings. The van der Waals surface area contributed by atoms with Gasteiger partial charge < -0.3 is 14.7 Å². The van der Waals surface area contributed by atoms with Crippen LogP contribution < -0.4 is 0 Å². The van der Waals surface area contributed by atoms with Crippen LogP contribution in [0.25, 0.3) is 0 Å². The Morgan fingerprint density at radius 3 is 2.65 bits per heavy atom. The van der Waals surface area contributed by atoms with Crippen molar-refractivity contribution >= 4 is 5.91 Å². The third-order valence-corrected chi connectivity index (χ3v) is 3.81. The standard InChI is InChI=1S/C16H23NO3/c1-20-9-7-17-12-15(11-16(17)19)10-14-4-2-13(3-5-14)6-8-18/h2-5,15,18H,6-12H2,1H3/t15-/m1/s1. The van der Waals surface area contributed by atoms with Crippen LogP contribution >= 0.6 is 0 Å². The molecule has 1 fully saturated rings. The molecule has 1 amide bonds. The quantitative estimate of drug-likeness (QED) is 0.816. The van der Waals surface area contributed by atoms with Gasteiger partial charge in [0.1, 0.15) is 0 Å². The predicted molar refractivity (Wildman–Crippen MR) is 77.5 cm³/mol. The van der Waals surface area contributed by atoms with E-state index in [9.17, 15) is 4.79 Å². The Bertz CT molecular complexity index is 430. The van der Waals surface area contributed by atoms with E-state index in [1.165, 1.54) is 5.56 Å². The number of aliphatic hydroxyl groups is 1. The lowest BCUT2D eigenvalue weighted by molar-refractivity contribution is -0.128. The molecule has 0 aliphatic carbocycles. The van der Waals surface area contributed by atoms with Crippen molar-refractivity contribution < 1.29 is 14.6 Å². The molecule has 0 unspecified atom stereocenters. The molecule has 1 N–H and O–H groups in total. The predicted octanol–water partition coefficient (Wildman–Crippen LogP) is 1.26. The van der Waals surface area contributed by atoms with Gasteiger partial charge in [0.25, 0.3) is 0 Å². The Morgan fingerprint density at radius 2 is 2.00 bits per heavy atom. The van der Waals surface area contributed by atoms with Crippen LogP contribution in [0.3, 0.4) is 0 Å². The fourth-order valence-electron chi connectivity index (χ4n) is 2.71. The summed E-state index contributed by atoms with van der Waals surface area (Å²) in [4.78, 5) is 13.8. The smallest absolute Gasteiger partial charge is 0.223 e. The molecule has 110 valence electrons. The van der Waals surface area contributed by atoms with Gasteiger partial charge >= 0.3 is 0 Å². The average molecular weight is 277 g/mol. The molecule has 2 rings (SSSR count). The number of likely N-dealkylation sites (tertiary alicyclic amines) is 1. The molecular formula is C16H23NO3. The van der Waals surface area contributed by atoms with E-state index in [0.29, 0.717) is 31.9 Å². The molecular weight excluding hydrogens is 254 g/mol. The van der Waals surface area contributed by atoms with Crippen LogP contribution in [0.2, 0.25) is 0 Å². The van der Waals surface area contributed by atoms with Gasteiger partial charge in [0, 0.05) is 33.2 Å². The van der Waals surface area contributed by atoms with E-state index in [4.69, 9.17) is 9.84 Å². The Hall–Kier alpha value is -1.39. The number of hydrogen-bond donors (Lipinski definition) is 1. The molecule has 1 saturated heterocycles. The third-order valence-electron chi connectivity index (χ3n) is 3.81. The summed E-state index contributed by atoms with van der Waals surface area (Å²) in [5, 5.41) is 8.89. The molecule has 1 atom stereocenters. The van der Waals surface area contributed by atoms with E-state index in [2.05, 4.69) is 24.3 Å². The molecule has 1 heterocycles. The van der Waals surface area contributed by atoms with Crippen molar-refractivity contribution in [2.24, 2.45) is 5.92 Å². The van der Waals surface area contributed by atoms with E-state index in [0.717, 1.165) is 18.5 Å². The van der Waals surface area contributed by atoms with Gasteiger partial charge in [0.15, 0.2) is 0 Å². The highest BCUT2D eigenvalue weighted by molar-refractivity contribution is 5.78. The zero-order chi connectivity index (χ0) is 14.4. The fraction of sp³-hybridized carbons (Fsp3) is 0.562. The first-order valence-electron chi connectivity index (χ1n) is 7.18. The molecule has 0 saturated carbocycles. The average Bonchev–Trinajstić information content (AvgIpc) is 2.79. The molecule has 0 radical (unpaired) electrons. The number of benzene rings is 1. The van der Waals surface area contributed by atoms with E-state index in [1.54, 1.807) is 7.11 Å². The van der Waals surface area contributed by atoms with Crippen molar-refractivity contribution in [3.05, 3.63) is 35.4 Å². The van der Waals surface area contributed by atoms with Crippen molar-refractivity contribution in [1.29, 1.82) is 0 Å². The van der Waals surface area contributed by atoms with E-state index in [-0.39, 0.29) is 12.5 Å². The second-order valence-corrected chi connectivity index (χ2v) is 5.40. The molecule has 0 aromatic heterocycles. The van der Waals surface area contributed by atoms with E-state index < -0.39 is 0 Å². The van der Waals surface area contributed by atoms with Crippen molar-refractivity contribution in [3.63, 3.8) is 0 Å². The monoisotopic (exact) mass is 277 g/mol. The van der Waals surface area contributed by atoms with Gasteiger partial charge in [-0.25, -0.2) is 0 Å². The van der Waals surface area contributed by atoms with Gasteiger partial charge in [-0.2, -0.15) is 0 Å². The van der Waals surface area contributed by atoms with Crippen LogP contribution in [-0.2, 0) is 22.4 Å². The van der Waals surface area contributed by atoms with Crippen LogP contribution in [-0.4, -0.2) is 49.3 Å². The van der Waals surface area contributed by atoms with E-state index >= 15 is 0 Å². The normalized spacial score (nSPS) is 18.8. The number of carbonyl (C=O) groups excluding carboxylic acids is 1. The van der Waals surface area contributed by atoms with Crippen LogP contribution in [0.15, 0.2) is 24.3 Å². The second kappa shape index (κ2) is 7.41. The van der Waals surface area contributed by atoms with Crippen LogP contribution in [0.1, 0.15) is 17.5 Å². The number of carbonyl (C=O) groups is 1. The number of methoxy groups -OCH3 is 1. The summed E-state index contributed by atoms with van der Waals surface area (Å²) < 4.78 is 5.03. The summed E-state index contributed by atoms with van der Waals surface area (Å²) in [7, 11) is 1.66. The fourth-order valence-corrected chi connectivity index (χ4v) is 2.71. The van der Waals surface area contributed by atoms with Crippen molar-refractivity contribution in [2.45, 2.75) is 19.3 Å². The number of nitrogens with zero attached hydrogens (tertiary/aromatic N) is 1. The largest absolute Gasteiger partial charge is 0.396 e. The maximum Gasteiger partial charge on any atom is 0.223 e. The lowest BCUT2D eigenvalue weighted by Gasteiger charge is -2.16. The first-order chi connectivity index (χ1) is 9.72. The molecule has 1 aliphatic heterocycles. The first kappa shape index (κ1) is 15.0. The summed E-state index contributed by atoms with van der Waals surface area (Å²) in [6.45, 7) is 2.32. The van der Waals surface area contributed by atoms with Gasteiger partial charge in [0.2, 0.25) is 5.91 Å². The first-order valence-corrected chi connectivity index (χ1v) is 7.18. The maximum atomic E-state index is 11.9. The van der Waals surface area contributed by atoms with Crippen LogP contribution in [0, 0.1) is 5.92 Å². The van der Waals surface area contributed by atoms with Gasteiger partial charge in [-0.3, -0.25) is 4.79 Å². The van der Waals surface area contributed by atoms with Crippen molar-refractivity contribution in [1.82, 2.24) is 4.90 Å². The number of rotatable bonds is 7. The summed E-state index contributed by atoms with van der Waals surface area (Å²) in [5.74, 6) is 0.645. The zero-order valence-electron chi connectivity index (χ0n) is 12.0. The Labute approximate surface area is 120 Å². The molecule has 1 aliphatic rings. The SMILES string of the molecule is COCCN1C[C@H](Cc2ccc(CCO)cc2)CC1=O. The summed E-state index contributed by atoms with van der Waals surface area (Å²) in [6, 6.07) is 8.33. The van der Waals surface area contributed by atoms with Gasteiger partial charge in [0.05, 0.1) is 6.61 Å². The summed E-state index contributed by atoms with van der Waals surface area (Å²) >= 11 is 0. The number of aliphatic hydroxyl groups excluding tert-OH is 1. The second-order valence-electron chi connectivity index (χ2n) is 5.40. The highest BCUT2D eigenvalue weighted by Gasteiger charge is 2.28. The molecule has 1 aromatic carbocycles. The summed E-state index contributed by atoms with van der Waals surface area (Å²) in [5.41, 5.74) is 2.42. The minimum absolute atomic E-state index is 0.185. The minimum atomic E-state index is 0.185. The van der Waals surface area contributed by atoms with Crippen LogP contribution in [0.5, 0.6) is 0 Å². The van der Waals surface area contributed by atoms with Gasteiger partial charge in [-0.15, -0.1) is 0 Å². The Balaban J connectivity index is 1.86. The van der Waals surface area contributed by atoms with Gasteiger partial charge in [-0.05, 0) is 29.9 Å². The highest BCUT2D eigenvalue weighted by atomic mass is 16.5. The lowest BCUT2D eigenvalue weighted by Crippen LogP contribution is -2.28. The molecule has 4 heteroatoms. The van der Waals surface area contributed by atoms with Gasteiger partial charge in [-0.1, -0.05) is 24.3 Å². The maximum absolute atomic E-state index is 11.9. The minimum Gasteiger partial charge on any atom is -0.396 e. The lowest BCUT2D eigenvalue weighted by atomic mass is 9.97. The van der Waals surface area contributed by atoms with Crippen LogP contribution in [0.4, 0.5) is 0 Å². The van der Waals surface area contributed by atoms with E-state index in [1.807, 2.05) is 4.90 Å². The Morgan fingerprint density at radius 1 is 1.30 bits per heavy atom. The topological polar surface area (TPSA) is 49.8 Å². The third kappa shape index (κ3) is 4.05. The Kier molecular flexibility index (Phi) is 5.56. The molecule has 20 heavy (non-hydrogen) atoms. The van der Waals surface area contributed by atoms with Crippen molar-refractivity contribution in [2.75, 3.05) is 33.4 Å². The summed E-state index contributed by atoms with van der Waals surface area (Å²) in [6.07, 6.45) is 2.28.